The third kappa shape index (κ3) is 2.85. The van der Waals surface area contributed by atoms with Gasteiger partial charge in [-0.3, -0.25) is 4.48 Å². The van der Waals surface area contributed by atoms with Crippen molar-refractivity contribution in [2.45, 2.75) is 34.6 Å². The Morgan fingerprint density at radius 2 is 1.26 bits per heavy atom. The average Bonchev–Trinajstić information content (AvgIpc) is 3.10. The predicted molar refractivity (Wildman–Crippen MR) is 131 cm³/mol. The molecule has 0 N–H and O–H groups in total. The Kier molecular flexibility index (Phi) is 4.55. The fourth-order valence-corrected chi connectivity index (χ4v) is 5.33. The van der Waals surface area contributed by atoms with Gasteiger partial charge in [0.25, 0.3) is 5.82 Å². The molecular weight excluding hydrogens is 377 g/mol. The van der Waals surface area contributed by atoms with Gasteiger partial charge in [-0.1, -0.05) is 48.5 Å². The lowest BCUT2D eigenvalue weighted by molar-refractivity contribution is -0.659. The summed E-state index contributed by atoms with van der Waals surface area (Å²) >= 11 is 0. The van der Waals surface area contributed by atoms with Crippen LogP contribution in [0.3, 0.4) is 0 Å². The molecule has 0 bridgehead atoms. The van der Waals surface area contributed by atoms with E-state index in [1.807, 2.05) is 0 Å². The number of aryl methyl sites for hydroxylation is 6. The van der Waals surface area contributed by atoms with E-state index in [0.29, 0.717) is 0 Å². The minimum absolute atomic E-state index is 0.0477. The molecule has 0 unspecified atom stereocenters. The molecule has 4 heteroatoms. The van der Waals surface area contributed by atoms with Crippen LogP contribution in [0.25, 0.3) is 11.4 Å². The van der Waals surface area contributed by atoms with Crippen molar-refractivity contribution < 1.29 is 4.57 Å². The highest BCUT2D eigenvalue weighted by Gasteiger charge is 2.47. The van der Waals surface area contributed by atoms with Crippen molar-refractivity contribution in [2.75, 3.05) is 4.81 Å². The topological polar surface area (TPSA) is 12.1 Å². The number of nitrogens with zero attached hydrogens (tertiary/aromatic N) is 3. The van der Waals surface area contributed by atoms with Gasteiger partial charge in [-0.2, -0.15) is 0 Å². The van der Waals surface area contributed by atoms with Crippen molar-refractivity contribution in [3.63, 3.8) is 0 Å². The minimum Gasteiger partial charge on any atom is -0.338 e. The number of anilines is 2. The predicted octanol–water partition coefficient (Wildman–Crippen LogP) is 4.92. The summed E-state index contributed by atoms with van der Waals surface area (Å²) in [6.45, 7) is 11.2. The zero-order chi connectivity index (χ0) is 21.9. The van der Waals surface area contributed by atoms with Gasteiger partial charge >= 0.3 is 6.98 Å². The first-order valence-electron chi connectivity index (χ1n) is 11.0. The molecule has 3 nitrogen and oxygen atoms in total. The van der Waals surface area contributed by atoms with E-state index in [-0.39, 0.29) is 6.98 Å². The maximum absolute atomic E-state index is 2.56. The van der Waals surface area contributed by atoms with Crippen LogP contribution in [0.15, 0.2) is 67.0 Å². The van der Waals surface area contributed by atoms with E-state index in [1.165, 1.54) is 56.0 Å². The van der Waals surface area contributed by atoms with Crippen LogP contribution < -0.4 is 14.8 Å². The van der Waals surface area contributed by atoms with Gasteiger partial charge in [0, 0.05) is 16.8 Å². The highest BCUT2D eigenvalue weighted by molar-refractivity contribution is 6.78. The molecule has 0 amide bonds. The maximum Gasteiger partial charge on any atom is 0.542 e. The summed E-state index contributed by atoms with van der Waals surface area (Å²) in [5, 5.41) is 0. The second-order valence-electron chi connectivity index (χ2n) is 8.90. The number of para-hydroxylation sites is 1. The number of aromatic nitrogens is 2. The normalized spacial score (nSPS) is 12.7. The third-order valence-corrected chi connectivity index (χ3v) is 6.75. The van der Waals surface area contributed by atoms with Crippen LogP contribution in [-0.4, -0.2) is 11.5 Å². The van der Waals surface area contributed by atoms with E-state index < -0.39 is 0 Å². The van der Waals surface area contributed by atoms with Crippen LogP contribution in [0.4, 0.5) is 11.4 Å². The Bertz CT molecular complexity index is 1280. The molecule has 1 aliphatic rings. The molecule has 1 aromatic heterocycles. The molecule has 0 radical (unpaired) electrons. The number of benzene rings is 3. The lowest BCUT2D eigenvalue weighted by Crippen LogP contribution is -2.57. The van der Waals surface area contributed by atoms with Crippen LogP contribution >= 0.6 is 0 Å². The molecule has 0 spiro atoms. The minimum atomic E-state index is 0.0477. The Labute approximate surface area is 185 Å². The maximum atomic E-state index is 2.56. The molecule has 31 heavy (non-hydrogen) atoms. The highest BCUT2D eigenvalue weighted by atomic mass is 15.2. The summed E-state index contributed by atoms with van der Waals surface area (Å²) in [4.78, 5) is 2.56. The van der Waals surface area contributed by atoms with Crippen molar-refractivity contribution in [3.05, 3.63) is 94.8 Å². The van der Waals surface area contributed by atoms with Crippen LogP contribution in [0.5, 0.6) is 0 Å². The molecule has 2 heterocycles. The first-order chi connectivity index (χ1) is 14.9. The van der Waals surface area contributed by atoms with Crippen molar-refractivity contribution in [3.8, 4) is 11.4 Å². The van der Waals surface area contributed by atoms with E-state index in [1.54, 1.807) is 0 Å². The van der Waals surface area contributed by atoms with Gasteiger partial charge in [-0.25, -0.2) is 4.57 Å². The molecule has 0 atom stereocenters. The van der Waals surface area contributed by atoms with Gasteiger partial charge < -0.3 is 4.81 Å². The monoisotopic (exact) mass is 406 g/mol. The summed E-state index contributed by atoms with van der Waals surface area (Å²) in [5.74, 6) is 1.25. The fourth-order valence-electron chi connectivity index (χ4n) is 5.33. The number of imidazole rings is 1. The van der Waals surface area contributed by atoms with Crippen LogP contribution in [0.2, 0.25) is 0 Å². The van der Waals surface area contributed by atoms with Gasteiger partial charge in [-0.05, 0) is 68.5 Å². The summed E-state index contributed by atoms with van der Waals surface area (Å²) in [5.41, 5.74) is 11.8. The molecule has 3 aromatic carbocycles. The van der Waals surface area contributed by atoms with Crippen LogP contribution in [-0.2, 0) is 7.05 Å². The van der Waals surface area contributed by atoms with Crippen molar-refractivity contribution in [2.24, 2.45) is 7.05 Å². The number of hydrogen-bond acceptors (Lipinski definition) is 1. The SMILES string of the molecule is Cc1cccc(C)c1B1N(c2c(C)cccc2C)c2cccc(C)c2-c2n1cc[n+]2C. The summed E-state index contributed by atoms with van der Waals surface area (Å²) in [7, 11) is 2.15. The van der Waals surface area contributed by atoms with Crippen molar-refractivity contribution in [1.29, 1.82) is 0 Å². The summed E-state index contributed by atoms with van der Waals surface area (Å²) < 4.78 is 4.71. The zero-order valence-corrected chi connectivity index (χ0v) is 19.3. The van der Waals surface area contributed by atoms with E-state index in [4.69, 9.17) is 0 Å². The zero-order valence-electron chi connectivity index (χ0n) is 19.3. The van der Waals surface area contributed by atoms with E-state index in [9.17, 15) is 0 Å². The molecular formula is C27H29BN3+. The van der Waals surface area contributed by atoms with Gasteiger partial charge in [0.15, 0.2) is 0 Å². The van der Waals surface area contributed by atoms with Gasteiger partial charge in [0.1, 0.15) is 12.4 Å². The van der Waals surface area contributed by atoms with E-state index >= 15 is 0 Å². The molecule has 5 rings (SSSR count). The van der Waals surface area contributed by atoms with Crippen molar-refractivity contribution in [1.82, 2.24) is 4.48 Å². The molecule has 0 fully saturated rings. The number of fused-ring (bicyclic) bond motifs is 3. The van der Waals surface area contributed by atoms with Crippen LogP contribution in [0, 0.1) is 34.6 Å². The first-order valence-corrected chi connectivity index (χ1v) is 11.0. The first kappa shape index (κ1) is 19.7. The quantitative estimate of drug-likeness (QED) is 0.340. The molecule has 0 saturated carbocycles. The summed E-state index contributed by atoms with van der Waals surface area (Å²) in [6.07, 6.45) is 4.42. The number of hydrogen-bond donors (Lipinski definition) is 0. The summed E-state index contributed by atoms with van der Waals surface area (Å²) in [6, 6.07) is 19.9. The lowest BCUT2D eigenvalue weighted by atomic mass is 9.59. The Hall–Kier alpha value is -3.27. The number of rotatable bonds is 2. The average molecular weight is 406 g/mol. The standard InChI is InChI=1S/C27H29BN3/c1-18-10-9-15-23-24(18)27-29(6)16-17-30(27)28(25-19(2)11-7-12-20(25)3)31(23)26-21(4)13-8-14-22(26)5/h7-17H,1-6H3/q+1. The highest BCUT2D eigenvalue weighted by Crippen LogP contribution is 2.43. The van der Waals surface area contributed by atoms with Crippen LogP contribution in [0.1, 0.15) is 27.8 Å². The van der Waals surface area contributed by atoms with Gasteiger partial charge in [0.05, 0.1) is 12.6 Å². The smallest absolute Gasteiger partial charge is 0.338 e. The molecule has 0 aliphatic carbocycles. The Morgan fingerprint density at radius 3 is 1.90 bits per heavy atom. The second kappa shape index (κ2) is 7.16. The van der Waals surface area contributed by atoms with E-state index in [0.717, 1.165) is 0 Å². The van der Waals surface area contributed by atoms with Crippen molar-refractivity contribution >= 4 is 23.8 Å². The lowest BCUT2D eigenvalue weighted by Gasteiger charge is -2.37. The fraction of sp³-hybridized carbons (Fsp3) is 0.222. The molecule has 4 aromatic rings. The van der Waals surface area contributed by atoms with E-state index in [2.05, 4.69) is 123 Å². The van der Waals surface area contributed by atoms with Gasteiger partial charge in [0.2, 0.25) is 0 Å². The Balaban J connectivity index is 1.94. The molecule has 0 saturated heterocycles. The second-order valence-corrected chi connectivity index (χ2v) is 8.90. The largest absolute Gasteiger partial charge is 0.542 e. The van der Waals surface area contributed by atoms with Gasteiger partial charge in [-0.15, -0.1) is 0 Å². The molecule has 154 valence electrons. The third-order valence-electron chi connectivity index (χ3n) is 6.75. The Morgan fingerprint density at radius 1 is 0.710 bits per heavy atom. The molecule has 1 aliphatic heterocycles.